The number of nitrogens with one attached hydrogen (secondary N) is 2. The average molecular weight is 322 g/mol. The second-order valence-electron chi connectivity index (χ2n) is 4.10. The van der Waals surface area contributed by atoms with Gasteiger partial charge in [0.25, 0.3) is 0 Å². The summed E-state index contributed by atoms with van der Waals surface area (Å²) in [7, 11) is 0. The van der Waals surface area contributed by atoms with Crippen LogP contribution in [0.3, 0.4) is 0 Å². The van der Waals surface area contributed by atoms with Crippen LogP contribution in [0.25, 0.3) is 0 Å². The third-order valence-electron chi connectivity index (χ3n) is 2.37. The van der Waals surface area contributed by atoms with Gasteiger partial charge >= 0.3 is 5.97 Å². The van der Waals surface area contributed by atoms with E-state index in [-0.39, 0.29) is 5.75 Å². The Bertz CT molecular complexity index is 418. The molecule has 0 aromatic carbocycles. The van der Waals surface area contributed by atoms with E-state index >= 15 is 0 Å². The summed E-state index contributed by atoms with van der Waals surface area (Å²) in [6, 6.07) is -3.97. The summed E-state index contributed by atoms with van der Waals surface area (Å²) in [6.45, 7) is -0.662. The molecule has 0 rings (SSSR count). The van der Waals surface area contributed by atoms with Crippen molar-refractivity contribution < 1.29 is 29.4 Å². The quantitative estimate of drug-likeness (QED) is 0.212. The van der Waals surface area contributed by atoms with Gasteiger partial charge in [0.15, 0.2) is 0 Å². The molecule has 3 amide bonds. The summed E-state index contributed by atoms with van der Waals surface area (Å²) in [5, 5.41) is 21.7. The highest BCUT2D eigenvalue weighted by molar-refractivity contribution is 7.80. The van der Waals surface area contributed by atoms with Crippen LogP contribution in [0.15, 0.2) is 0 Å². The lowest BCUT2D eigenvalue weighted by Crippen LogP contribution is -2.56. The zero-order valence-corrected chi connectivity index (χ0v) is 11.9. The van der Waals surface area contributed by atoms with Crippen molar-refractivity contribution in [2.75, 3.05) is 12.4 Å². The van der Waals surface area contributed by atoms with Crippen molar-refractivity contribution in [2.45, 2.75) is 24.5 Å². The normalized spacial score (nSPS) is 14.6. The molecule has 0 bridgehead atoms. The number of carboxylic acid groups (broad SMARTS) is 1. The minimum absolute atomic E-state index is 0.186. The number of aliphatic hydroxyl groups is 1. The SMILES string of the molecule is NC(=O)C[C@H](NC(=O)[C@@H](N)CO)C(=O)N[C@@H](CS)C(=O)O. The molecule has 0 unspecified atom stereocenters. The zero-order valence-electron chi connectivity index (χ0n) is 11.0. The van der Waals surface area contributed by atoms with Gasteiger partial charge in [0.05, 0.1) is 13.0 Å². The van der Waals surface area contributed by atoms with Gasteiger partial charge in [-0.15, -0.1) is 0 Å². The van der Waals surface area contributed by atoms with Crippen molar-refractivity contribution in [2.24, 2.45) is 11.5 Å². The van der Waals surface area contributed by atoms with Gasteiger partial charge in [0, 0.05) is 5.75 Å². The highest BCUT2D eigenvalue weighted by Crippen LogP contribution is 1.97. The van der Waals surface area contributed by atoms with Crippen LogP contribution in [0.1, 0.15) is 6.42 Å². The van der Waals surface area contributed by atoms with Crippen LogP contribution in [-0.4, -0.2) is 64.4 Å². The van der Waals surface area contributed by atoms with Crippen LogP contribution in [-0.2, 0) is 19.2 Å². The van der Waals surface area contributed by atoms with Crippen molar-refractivity contribution in [3.63, 3.8) is 0 Å². The molecule has 0 aliphatic rings. The highest BCUT2D eigenvalue weighted by atomic mass is 32.1. The summed E-state index contributed by atoms with van der Waals surface area (Å²) in [5.41, 5.74) is 10.2. The summed E-state index contributed by atoms with van der Waals surface area (Å²) in [5.74, 6) is -4.19. The van der Waals surface area contributed by atoms with Crippen LogP contribution in [0.5, 0.6) is 0 Å². The van der Waals surface area contributed by atoms with Crippen molar-refractivity contribution in [3.05, 3.63) is 0 Å². The Hall–Kier alpha value is -1.85. The fraction of sp³-hybridized carbons (Fsp3) is 0.600. The van der Waals surface area contributed by atoms with E-state index in [1.165, 1.54) is 0 Å². The summed E-state index contributed by atoms with van der Waals surface area (Å²) >= 11 is 3.76. The maximum atomic E-state index is 11.9. The molecule has 8 N–H and O–H groups in total. The van der Waals surface area contributed by atoms with Crippen molar-refractivity contribution in [1.82, 2.24) is 10.6 Å². The van der Waals surface area contributed by atoms with Crippen LogP contribution in [0, 0.1) is 0 Å². The molecule has 0 aromatic heterocycles. The number of carbonyl (C=O) groups excluding carboxylic acids is 3. The lowest BCUT2D eigenvalue weighted by molar-refractivity contribution is -0.141. The number of rotatable bonds is 9. The molecule has 21 heavy (non-hydrogen) atoms. The lowest BCUT2D eigenvalue weighted by Gasteiger charge is -2.21. The van der Waals surface area contributed by atoms with Gasteiger partial charge in [-0.1, -0.05) is 0 Å². The van der Waals surface area contributed by atoms with E-state index in [4.69, 9.17) is 21.7 Å². The van der Waals surface area contributed by atoms with E-state index in [2.05, 4.69) is 23.3 Å². The molecule has 0 saturated heterocycles. The number of hydrogen-bond acceptors (Lipinski definition) is 7. The molecular formula is C10H18N4O6S. The Morgan fingerprint density at radius 3 is 2.00 bits per heavy atom. The zero-order chi connectivity index (χ0) is 16.6. The predicted molar refractivity (Wildman–Crippen MR) is 74.2 cm³/mol. The monoisotopic (exact) mass is 322 g/mol. The third-order valence-corrected chi connectivity index (χ3v) is 2.73. The Morgan fingerprint density at radius 2 is 1.62 bits per heavy atom. The molecule has 0 spiro atoms. The van der Waals surface area contributed by atoms with E-state index < -0.39 is 54.8 Å². The van der Waals surface area contributed by atoms with Crippen molar-refractivity contribution in [3.8, 4) is 0 Å². The lowest BCUT2D eigenvalue weighted by atomic mass is 10.1. The van der Waals surface area contributed by atoms with Gasteiger partial charge in [0.2, 0.25) is 17.7 Å². The van der Waals surface area contributed by atoms with E-state index in [9.17, 15) is 19.2 Å². The second kappa shape index (κ2) is 9.15. The number of nitrogens with two attached hydrogens (primary N) is 2. The number of amides is 3. The number of carbonyl (C=O) groups is 4. The fourth-order valence-corrected chi connectivity index (χ4v) is 1.48. The molecule has 10 nitrogen and oxygen atoms in total. The number of aliphatic hydroxyl groups excluding tert-OH is 1. The largest absolute Gasteiger partial charge is 0.480 e. The maximum absolute atomic E-state index is 11.9. The first-order valence-corrected chi connectivity index (χ1v) is 6.45. The summed E-state index contributed by atoms with van der Waals surface area (Å²) in [6.07, 6.45) is -0.547. The standard InChI is InChI=1S/C10H18N4O6S/c11-4(2-15)8(17)13-5(1-7(12)16)9(18)14-6(3-21)10(19)20/h4-6,15,21H,1-3,11H2,(H2,12,16)(H,13,17)(H,14,18)(H,19,20)/t4-,5-,6-/m0/s1. The molecule has 0 aliphatic heterocycles. The molecular weight excluding hydrogens is 304 g/mol. The Balaban J connectivity index is 4.88. The van der Waals surface area contributed by atoms with Crippen LogP contribution >= 0.6 is 12.6 Å². The molecule has 11 heteroatoms. The average Bonchev–Trinajstić information content (AvgIpc) is 2.41. The predicted octanol–water partition coefficient (Wildman–Crippen LogP) is -3.83. The first-order valence-electron chi connectivity index (χ1n) is 5.82. The van der Waals surface area contributed by atoms with Gasteiger partial charge in [0.1, 0.15) is 18.1 Å². The molecule has 0 aliphatic carbocycles. The number of aliphatic carboxylic acids is 1. The van der Waals surface area contributed by atoms with E-state index in [0.717, 1.165) is 0 Å². The molecule has 0 fully saturated rings. The van der Waals surface area contributed by atoms with Crippen LogP contribution in [0.4, 0.5) is 0 Å². The van der Waals surface area contributed by atoms with Gasteiger partial charge < -0.3 is 32.3 Å². The van der Waals surface area contributed by atoms with Crippen LogP contribution < -0.4 is 22.1 Å². The van der Waals surface area contributed by atoms with E-state index in [1.54, 1.807) is 0 Å². The first-order chi connectivity index (χ1) is 9.72. The first kappa shape index (κ1) is 19.1. The summed E-state index contributed by atoms with van der Waals surface area (Å²) < 4.78 is 0. The molecule has 0 aromatic rings. The smallest absolute Gasteiger partial charge is 0.327 e. The number of primary amides is 1. The van der Waals surface area contributed by atoms with Gasteiger partial charge in [-0.3, -0.25) is 14.4 Å². The molecule has 3 atom stereocenters. The van der Waals surface area contributed by atoms with Crippen molar-refractivity contribution >= 4 is 36.3 Å². The van der Waals surface area contributed by atoms with Gasteiger partial charge in [-0.2, -0.15) is 12.6 Å². The van der Waals surface area contributed by atoms with E-state index in [0.29, 0.717) is 0 Å². The van der Waals surface area contributed by atoms with Crippen molar-refractivity contribution in [1.29, 1.82) is 0 Å². The van der Waals surface area contributed by atoms with E-state index in [1.807, 2.05) is 0 Å². The number of thiol groups is 1. The molecule has 120 valence electrons. The minimum atomic E-state index is -1.39. The minimum Gasteiger partial charge on any atom is -0.480 e. The number of hydrogen-bond donors (Lipinski definition) is 7. The Kier molecular flexibility index (Phi) is 8.35. The molecule has 0 radical (unpaired) electrons. The highest BCUT2D eigenvalue weighted by Gasteiger charge is 2.28. The second-order valence-corrected chi connectivity index (χ2v) is 4.47. The number of carboxylic acids is 1. The Labute approximate surface area is 125 Å². The van der Waals surface area contributed by atoms with Gasteiger partial charge in [-0.05, 0) is 0 Å². The van der Waals surface area contributed by atoms with Crippen LogP contribution in [0.2, 0.25) is 0 Å². The molecule has 0 heterocycles. The maximum Gasteiger partial charge on any atom is 0.327 e. The summed E-state index contributed by atoms with van der Waals surface area (Å²) in [4.78, 5) is 45.1. The Morgan fingerprint density at radius 1 is 1.10 bits per heavy atom. The molecule has 0 saturated carbocycles. The topological polar surface area (TPSA) is 185 Å². The van der Waals surface area contributed by atoms with Gasteiger partial charge in [-0.25, -0.2) is 4.79 Å². The fourth-order valence-electron chi connectivity index (χ4n) is 1.23. The third kappa shape index (κ3) is 6.92.